The molecule has 9 nitrogen and oxygen atoms in total. The van der Waals surface area contributed by atoms with E-state index < -0.39 is 0 Å². The van der Waals surface area contributed by atoms with Crippen LogP contribution in [0, 0.1) is 6.92 Å². The Morgan fingerprint density at radius 1 is 1.12 bits per heavy atom. The fraction of sp³-hybridized carbons (Fsp3) is 0.417. The van der Waals surface area contributed by atoms with Gasteiger partial charge in [-0.15, -0.1) is 15.3 Å². The second-order valence-corrected chi connectivity index (χ2v) is 8.48. The molecule has 2 N–H and O–H groups in total. The highest BCUT2D eigenvalue weighted by Crippen LogP contribution is 2.27. The summed E-state index contributed by atoms with van der Waals surface area (Å²) >= 11 is 0. The maximum atomic E-state index is 12.9. The topological polar surface area (TPSA) is 115 Å². The average Bonchev–Trinajstić information content (AvgIpc) is 3.19. The van der Waals surface area contributed by atoms with Crippen LogP contribution in [-0.2, 0) is 4.79 Å². The average molecular weight is 447 g/mol. The van der Waals surface area contributed by atoms with Gasteiger partial charge in [0, 0.05) is 48.7 Å². The Kier molecular flexibility index (Phi) is 6.76. The minimum Gasteiger partial charge on any atom is -0.402 e. The molecule has 1 fully saturated rings. The quantitative estimate of drug-likeness (QED) is 0.581. The van der Waals surface area contributed by atoms with Crippen molar-refractivity contribution in [1.82, 2.24) is 29.7 Å². The van der Waals surface area contributed by atoms with Gasteiger partial charge in [0.2, 0.25) is 5.91 Å². The van der Waals surface area contributed by atoms with Crippen LogP contribution in [0.3, 0.4) is 0 Å². The first-order valence-corrected chi connectivity index (χ1v) is 11.3. The summed E-state index contributed by atoms with van der Waals surface area (Å²) in [7, 11) is 0. The Morgan fingerprint density at radius 3 is 2.61 bits per heavy atom. The van der Waals surface area contributed by atoms with Crippen molar-refractivity contribution in [2.75, 3.05) is 13.1 Å². The number of pyridine rings is 1. The lowest BCUT2D eigenvalue weighted by Crippen LogP contribution is -2.38. The van der Waals surface area contributed by atoms with E-state index in [9.17, 15) is 4.79 Å². The maximum absolute atomic E-state index is 12.9. The number of allylic oxidation sites excluding steroid dienone is 2. The molecule has 1 aliphatic heterocycles. The van der Waals surface area contributed by atoms with Gasteiger partial charge in [0.25, 0.3) is 0 Å². The van der Waals surface area contributed by atoms with Crippen LogP contribution in [0.4, 0.5) is 5.82 Å². The molecule has 1 aliphatic rings. The zero-order chi connectivity index (χ0) is 23.4. The number of rotatable bonds is 6. The summed E-state index contributed by atoms with van der Waals surface area (Å²) in [6.07, 6.45) is 4.67. The maximum Gasteiger partial charge on any atom is 0.222 e. The van der Waals surface area contributed by atoms with Crippen molar-refractivity contribution in [3.63, 3.8) is 0 Å². The molecule has 172 valence electrons. The van der Waals surface area contributed by atoms with E-state index in [2.05, 4.69) is 31.3 Å². The van der Waals surface area contributed by atoms with Crippen molar-refractivity contribution in [3.05, 3.63) is 59.3 Å². The third-order valence-corrected chi connectivity index (χ3v) is 6.14. The van der Waals surface area contributed by atoms with E-state index in [1.807, 2.05) is 50.1 Å². The third-order valence-electron chi connectivity index (χ3n) is 6.14. The van der Waals surface area contributed by atoms with Crippen LogP contribution in [-0.4, -0.2) is 54.4 Å². The number of aliphatic imine (C=N–C) groups is 1. The lowest BCUT2D eigenvalue weighted by molar-refractivity contribution is -0.132. The van der Waals surface area contributed by atoms with Crippen molar-refractivity contribution in [3.8, 4) is 0 Å². The summed E-state index contributed by atoms with van der Waals surface area (Å²) in [5.74, 6) is 1.82. The van der Waals surface area contributed by atoms with Crippen LogP contribution in [0.5, 0.6) is 0 Å². The highest BCUT2D eigenvalue weighted by Gasteiger charge is 2.24. The molecule has 0 saturated carbocycles. The number of hydrogen-bond acceptors (Lipinski definition) is 7. The molecule has 1 saturated heterocycles. The predicted octanol–water partition coefficient (Wildman–Crippen LogP) is 3.34. The molecule has 33 heavy (non-hydrogen) atoms. The second kappa shape index (κ2) is 9.89. The fourth-order valence-electron chi connectivity index (χ4n) is 4.28. The predicted molar refractivity (Wildman–Crippen MR) is 127 cm³/mol. The van der Waals surface area contributed by atoms with Gasteiger partial charge in [0.1, 0.15) is 0 Å². The third kappa shape index (κ3) is 5.24. The molecular weight excluding hydrogens is 416 g/mol. The first-order valence-electron chi connectivity index (χ1n) is 11.3. The van der Waals surface area contributed by atoms with Crippen molar-refractivity contribution in [1.29, 1.82) is 0 Å². The van der Waals surface area contributed by atoms with Gasteiger partial charge in [-0.2, -0.15) is 4.52 Å². The van der Waals surface area contributed by atoms with Gasteiger partial charge in [-0.05, 0) is 69.9 Å². The monoisotopic (exact) mass is 446 g/mol. The summed E-state index contributed by atoms with van der Waals surface area (Å²) in [4.78, 5) is 24.0. The number of piperidine rings is 1. The largest absolute Gasteiger partial charge is 0.402 e. The standard InChI is InChI=1S/C24H30N8O/c1-16(25)20(17(2)27-22-8-9-23-29-28-18(3)32(23)30-22)7-10-24(33)31-14-11-19(12-15-31)21-6-4-5-13-26-21/h4-6,8-9,13,19H,7,10-12,14-15,25H2,1-3H3. The van der Waals surface area contributed by atoms with E-state index in [0.29, 0.717) is 41.7 Å². The molecule has 4 rings (SSSR count). The van der Waals surface area contributed by atoms with E-state index >= 15 is 0 Å². The fourth-order valence-corrected chi connectivity index (χ4v) is 4.28. The number of fused-ring (bicyclic) bond motifs is 1. The lowest BCUT2D eigenvalue weighted by atomic mass is 9.92. The van der Waals surface area contributed by atoms with E-state index in [1.54, 1.807) is 10.6 Å². The molecule has 0 radical (unpaired) electrons. The van der Waals surface area contributed by atoms with Crippen LogP contribution in [0.15, 0.2) is 52.8 Å². The van der Waals surface area contributed by atoms with E-state index in [0.717, 1.165) is 42.9 Å². The number of amides is 1. The van der Waals surface area contributed by atoms with Gasteiger partial charge < -0.3 is 10.6 Å². The molecule has 0 unspecified atom stereocenters. The second-order valence-electron chi connectivity index (χ2n) is 8.48. The molecule has 9 heteroatoms. The molecule has 3 aromatic rings. The zero-order valence-electron chi connectivity index (χ0n) is 19.4. The highest BCUT2D eigenvalue weighted by molar-refractivity contribution is 6.00. The molecule has 1 amide bonds. The molecule has 0 atom stereocenters. The Labute approximate surface area is 193 Å². The lowest BCUT2D eigenvalue weighted by Gasteiger charge is -2.32. The Hall–Kier alpha value is -3.62. The van der Waals surface area contributed by atoms with Crippen molar-refractivity contribution in [2.24, 2.45) is 10.7 Å². The summed E-state index contributed by atoms with van der Waals surface area (Å²) in [6, 6.07) is 9.65. The van der Waals surface area contributed by atoms with Crippen LogP contribution in [0.1, 0.15) is 57.0 Å². The summed E-state index contributed by atoms with van der Waals surface area (Å²) in [5, 5.41) is 12.5. The summed E-state index contributed by atoms with van der Waals surface area (Å²) < 4.78 is 1.66. The number of aryl methyl sites for hydroxylation is 1. The zero-order valence-corrected chi connectivity index (χ0v) is 19.4. The van der Waals surface area contributed by atoms with Crippen LogP contribution < -0.4 is 5.73 Å². The molecule has 0 bridgehead atoms. The van der Waals surface area contributed by atoms with E-state index in [-0.39, 0.29) is 5.91 Å². The molecule has 0 aliphatic carbocycles. The number of likely N-dealkylation sites (tertiary alicyclic amines) is 1. The van der Waals surface area contributed by atoms with Crippen molar-refractivity contribution >= 4 is 23.1 Å². The van der Waals surface area contributed by atoms with Gasteiger partial charge in [-0.25, -0.2) is 4.99 Å². The van der Waals surface area contributed by atoms with Gasteiger partial charge >= 0.3 is 0 Å². The molecular formula is C24H30N8O. The number of nitrogens with zero attached hydrogens (tertiary/aromatic N) is 7. The minimum absolute atomic E-state index is 0.153. The first kappa shape index (κ1) is 22.6. The normalized spacial score (nSPS) is 16.2. The number of nitrogens with two attached hydrogens (primary N) is 1. The van der Waals surface area contributed by atoms with Crippen LogP contribution in [0.2, 0.25) is 0 Å². The Balaban J connectivity index is 1.37. The molecule has 0 spiro atoms. The van der Waals surface area contributed by atoms with Crippen molar-refractivity contribution in [2.45, 2.75) is 52.4 Å². The number of hydrogen-bond donors (Lipinski definition) is 1. The molecule has 4 heterocycles. The number of carbonyl (C=O) groups is 1. The molecule has 3 aromatic heterocycles. The summed E-state index contributed by atoms with van der Waals surface area (Å²) in [5.41, 5.74) is 10.3. The molecule has 0 aromatic carbocycles. The van der Waals surface area contributed by atoms with Gasteiger partial charge in [0.15, 0.2) is 17.3 Å². The highest BCUT2D eigenvalue weighted by atomic mass is 16.2. The van der Waals surface area contributed by atoms with Gasteiger partial charge in [-0.1, -0.05) is 6.07 Å². The summed E-state index contributed by atoms with van der Waals surface area (Å²) in [6.45, 7) is 7.11. The van der Waals surface area contributed by atoms with Crippen LogP contribution in [0.25, 0.3) is 5.65 Å². The first-order chi connectivity index (χ1) is 15.9. The van der Waals surface area contributed by atoms with E-state index in [1.165, 1.54) is 0 Å². The van der Waals surface area contributed by atoms with Crippen molar-refractivity contribution < 1.29 is 4.79 Å². The smallest absolute Gasteiger partial charge is 0.222 e. The Bertz CT molecular complexity index is 1190. The number of aromatic nitrogens is 5. The van der Waals surface area contributed by atoms with Gasteiger partial charge in [0.05, 0.1) is 0 Å². The minimum atomic E-state index is 0.153. The SMILES string of the molecule is CC(=Nc1ccc2nnc(C)n2n1)C(CCC(=O)N1CCC(c2ccccn2)CC1)=C(C)N. The van der Waals surface area contributed by atoms with Crippen LogP contribution >= 0.6 is 0 Å². The Morgan fingerprint density at radius 2 is 1.91 bits per heavy atom. The number of carbonyl (C=O) groups excluding carboxylic acids is 1. The van der Waals surface area contributed by atoms with Gasteiger partial charge in [-0.3, -0.25) is 9.78 Å². The van der Waals surface area contributed by atoms with E-state index in [4.69, 9.17) is 5.73 Å².